The number of pyridine rings is 1. The summed E-state index contributed by atoms with van der Waals surface area (Å²) in [6.45, 7) is 10.00. The SMILES string of the molecule is CCN(CC)C(=O)CN1CCOC(c2cc(Cc3ccccc3Cl)cc(C)n2)C1. The van der Waals surface area contributed by atoms with Gasteiger partial charge in [-0.05, 0) is 56.5 Å². The minimum absolute atomic E-state index is 0.127. The van der Waals surface area contributed by atoms with Gasteiger partial charge in [0.2, 0.25) is 5.91 Å². The summed E-state index contributed by atoms with van der Waals surface area (Å²) in [5, 5.41) is 0.776. The molecule has 0 bridgehead atoms. The highest BCUT2D eigenvalue weighted by atomic mass is 35.5. The van der Waals surface area contributed by atoms with E-state index in [9.17, 15) is 4.79 Å². The number of halogens is 1. The molecule has 3 rings (SSSR count). The fourth-order valence-electron chi connectivity index (χ4n) is 3.79. The maximum Gasteiger partial charge on any atom is 0.236 e. The monoisotopic (exact) mass is 415 g/mol. The molecule has 1 atom stereocenters. The number of hydrogen-bond donors (Lipinski definition) is 0. The maximum atomic E-state index is 12.5. The van der Waals surface area contributed by atoms with E-state index in [1.807, 2.05) is 43.9 Å². The van der Waals surface area contributed by atoms with Crippen molar-refractivity contribution in [2.75, 3.05) is 39.3 Å². The number of aromatic nitrogens is 1. The van der Waals surface area contributed by atoms with E-state index >= 15 is 0 Å². The van der Waals surface area contributed by atoms with Crippen molar-refractivity contribution in [1.29, 1.82) is 0 Å². The van der Waals surface area contributed by atoms with Crippen molar-refractivity contribution >= 4 is 17.5 Å². The van der Waals surface area contributed by atoms with E-state index in [1.165, 1.54) is 5.56 Å². The average molecular weight is 416 g/mol. The van der Waals surface area contributed by atoms with Crippen molar-refractivity contribution in [1.82, 2.24) is 14.8 Å². The quantitative estimate of drug-likeness (QED) is 0.688. The van der Waals surface area contributed by atoms with E-state index in [0.717, 1.165) is 48.0 Å². The number of carbonyl (C=O) groups excluding carboxylic acids is 1. The Balaban J connectivity index is 1.72. The molecule has 1 aromatic heterocycles. The van der Waals surface area contributed by atoms with Gasteiger partial charge in [-0.1, -0.05) is 29.8 Å². The van der Waals surface area contributed by atoms with Crippen molar-refractivity contribution < 1.29 is 9.53 Å². The molecular formula is C23H30ClN3O2. The summed E-state index contributed by atoms with van der Waals surface area (Å²) >= 11 is 6.34. The predicted octanol–water partition coefficient (Wildman–Crippen LogP) is 3.88. The van der Waals surface area contributed by atoms with E-state index < -0.39 is 0 Å². The summed E-state index contributed by atoms with van der Waals surface area (Å²) in [4.78, 5) is 21.2. The Bertz CT molecular complexity index is 839. The van der Waals surface area contributed by atoms with Crippen LogP contribution >= 0.6 is 11.6 Å². The number of nitrogens with zero attached hydrogens (tertiary/aromatic N) is 3. The molecule has 1 fully saturated rings. The number of amides is 1. The van der Waals surface area contributed by atoms with Crippen LogP contribution in [-0.2, 0) is 16.0 Å². The highest BCUT2D eigenvalue weighted by Crippen LogP contribution is 2.25. The van der Waals surface area contributed by atoms with Crippen LogP contribution in [0.25, 0.3) is 0 Å². The number of benzene rings is 1. The fraction of sp³-hybridized carbons (Fsp3) is 0.478. The van der Waals surface area contributed by atoms with Crippen molar-refractivity contribution in [2.45, 2.75) is 33.3 Å². The van der Waals surface area contributed by atoms with Gasteiger partial charge in [0.05, 0.1) is 18.8 Å². The summed E-state index contributed by atoms with van der Waals surface area (Å²) in [5.41, 5.74) is 4.15. The second-order valence-electron chi connectivity index (χ2n) is 7.47. The van der Waals surface area contributed by atoms with Gasteiger partial charge < -0.3 is 9.64 Å². The van der Waals surface area contributed by atoms with Gasteiger partial charge in [0.1, 0.15) is 6.10 Å². The zero-order valence-corrected chi connectivity index (χ0v) is 18.3. The van der Waals surface area contributed by atoms with E-state index in [0.29, 0.717) is 19.7 Å². The van der Waals surface area contributed by atoms with Gasteiger partial charge in [-0.2, -0.15) is 0 Å². The molecule has 1 aliphatic rings. The van der Waals surface area contributed by atoms with Gasteiger partial charge in [0.25, 0.3) is 0 Å². The lowest BCUT2D eigenvalue weighted by atomic mass is 10.0. The molecule has 0 saturated carbocycles. The molecular weight excluding hydrogens is 386 g/mol. The minimum Gasteiger partial charge on any atom is -0.369 e. The van der Waals surface area contributed by atoms with Gasteiger partial charge in [-0.25, -0.2) is 0 Å². The zero-order chi connectivity index (χ0) is 20.8. The molecule has 1 aromatic carbocycles. The second-order valence-corrected chi connectivity index (χ2v) is 7.88. The molecule has 1 saturated heterocycles. The third-order valence-corrected chi connectivity index (χ3v) is 5.71. The van der Waals surface area contributed by atoms with Crippen molar-refractivity contribution in [3.8, 4) is 0 Å². The molecule has 1 aliphatic heterocycles. The first kappa shape index (κ1) is 21.8. The third kappa shape index (κ3) is 5.78. The summed E-state index contributed by atoms with van der Waals surface area (Å²) in [6.07, 6.45) is 0.630. The van der Waals surface area contributed by atoms with E-state index in [4.69, 9.17) is 21.3 Å². The summed E-state index contributed by atoms with van der Waals surface area (Å²) < 4.78 is 6.02. The zero-order valence-electron chi connectivity index (χ0n) is 17.5. The van der Waals surface area contributed by atoms with Crippen molar-refractivity contribution in [3.05, 3.63) is 63.9 Å². The molecule has 156 valence electrons. The molecule has 1 unspecified atom stereocenters. The number of rotatable bonds is 7. The lowest BCUT2D eigenvalue weighted by molar-refractivity contribution is -0.134. The smallest absolute Gasteiger partial charge is 0.236 e. The first-order valence-corrected chi connectivity index (χ1v) is 10.7. The summed E-state index contributed by atoms with van der Waals surface area (Å²) in [7, 11) is 0. The Morgan fingerprint density at radius 3 is 2.76 bits per heavy atom. The highest BCUT2D eigenvalue weighted by molar-refractivity contribution is 6.31. The Morgan fingerprint density at radius 2 is 2.03 bits per heavy atom. The molecule has 2 heterocycles. The Morgan fingerprint density at radius 1 is 1.28 bits per heavy atom. The second kappa shape index (κ2) is 10.2. The van der Waals surface area contributed by atoms with Crippen LogP contribution in [0, 0.1) is 6.92 Å². The molecule has 29 heavy (non-hydrogen) atoms. The van der Waals surface area contributed by atoms with Crippen molar-refractivity contribution in [3.63, 3.8) is 0 Å². The van der Waals surface area contributed by atoms with Crippen LogP contribution in [0.5, 0.6) is 0 Å². The van der Waals surface area contributed by atoms with E-state index in [-0.39, 0.29) is 12.0 Å². The van der Waals surface area contributed by atoms with E-state index in [1.54, 1.807) is 0 Å². The fourth-order valence-corrected chi connectivity index (χ4v) is 3.99. The number of ether oxygens (including phenoxy) is 1. The normalized spacial score (nSPS) is 17.3. The van der Waals surface area contributed by atoms with Crippen molar-refractivity contribution in [2.24, 2.45) is 0 Å². The third-order valence-electron chi connectivity index (χ3n) is 5.34. The lowest BCUT2D eigenvalue weighted by Gasteiger charge is -2.33. The minimum atomic E-state index is -0.127. The van der Waals surface area contributed by atoms with Crippen LogP contribution in [0.15, 0.2) is 36.4 Å². The van der Waals surface area contributed by atoms with Crippen LogP contribution < -0.4 is 0 Å². The molecule has 1 amide bonds. The first-order valence-electron chi connectivity index (χ1n) is 10.3. The Kier molecular flexibility index (Phi) is 7.64. The van der Waals surface area contributed by atoms with Crippen LogP contribution in [0.4, 0.5) is 0 Å². The topological polar surface area (TPSA) is 45.7 Å². The predicted molar refractivity (Wildman–Crippen MR) is 116 cm³/mol. The van der Waals surface area contributed by atoms with E-state index in [2.05, 4.69) is 23.1 Å². The first-order chi connectivity index (χ1) is 14.0. The molecule has 0 N–H and O–H groups in total. The van der Waals surface area contributed by atoms with Gasteiger partial charge in [-0.3, -0.25) is 14.7 Å². The Labute approximate surface area is 178 Å². The van der Waals surface area contributed by atoms with Gasteiger partial charge in [0.15, 0.2) is 0 Å². The number of hydrogen-bond acceptors (Lipinski definition) is 4. The van der Waals surface area contributed by atoms with Gasteiger partial charge in [-0.15, -0.1) is 0 Å². The highest BCUT2D eigenvalue weighted by Gasteiger charge is 2.26. The molecule has 0 aliphatic carbocycles. The molecule has 5 nitrogen and oxygen atoms in total. The maximum absolute atomic E-state index is 12.5. The average Bonchev–Trinajstić information content (AvgIpc) is 2.70. The largest absolute Gasteiger partial charge is 0.369 e. The summed E-state index contributed by atoms with van der Waals surface area (Å²) in [5.74, 6) is 0.173. The molecule has 2 aromatic rings. The molecule has 6 heteroatoms. The summed E-state index contributed by atoms with van der Waals surface area (Å²) in [6, 6.07) is 12.1. The number of aryl methyl sites for hydroxylation is 1. The van der Waals surface area contributed by atoms with Gasteiger partial charge in [0, 0.05) is 36.9 Å². The van der Waals surface area contributed by atoms with Crippen LogP contribution in [0.1, 0.15) is 42.5 Å². The van der Waals surface area contributed by atoms with Crippen LogP contribution in [-0.4, -0.2) is 60.0 Å². The standard InChI is InChI=1S/C23H30ClN3O2/c1-4-27(5-2)23(28)16-26-10-11-29-22(15-26)21-14-18(12-17(3)25-21)13-19-8-6-7-9-20(19)24/h6-9,12,14,22H,4-5,10-11,13,15-16H2,1-3H3. The molecule has 0 radical (unpaired) electrons. The molecule has 0 spiro atoms. The van der Waals surface area contributed by atoms with Crippen LogP contribution in [0.3, 0.4) is 0 Å². The number of morpholine rings is 1. The number of likely N-dealkylation sites (N-methyl/N-ethyl adjacent to an activating group) is 1. The Hall–Kier alpha value is -1.95. The number of carbonyl (C=O) groups is 1. The van der Waals surface area contributed by atoms with Crippen LogP contribution in [0.2, 0.25) is 5.02 Å². The van der Waals surface area contributed by atoms with Gasteiger partial charge >= 0.3 is 0 Å². The lowest BCUT2D eigenvalue weighted by Crippen LogP contribution is -2.45.